The molecule has 0 fully saturated rings. The first-order chi connectivity index (χ1) is 12.4. The van der Waals surface area contributed by atoms with Crippen LogP contribution in [0.25, 0.3) is 33.9 Å². The van der Waals surface area contributed by atoms with E-state index in [1.54, 1.807) is 30.9 Å². The van der Waals surface area contributed by atoms with Crippen molar-refractivity contribution in [2.24, 2.45) is 0 Å². The third-order valence-electron chi connectivity index (χ3n) is 3.98. The second kappa shape index (κ2) is 5.99. The minimum absolute atomic E-state index is 0.356. The molecule has 0 saturated heterocycles. The standard InChI is InChI=1S/C18H18N6O2/c1-11-9-19-7-6-13(11)16-20-17(26-22-16)12-4-5-15-14(8-12)21-23-24(15)10-18(2,3)25/h4-9,25H,10H2,1-3H3. The second-order valence-corrected chi connectivity index (χ2v) is 6.88. The second-order valence-electron chi connectivity index (χ2n) is 6.88. The summed E-state index contributed by atoms with van der Waals surface area (Å²) in [6.45, 7) is 5.77. The maximum atomic E-state index is 9.99. The van der Waals surface area contributed by atoms with Crippen molar-refractivity contribution in [1.29, 1.82) is 0 Å². The fourth-order valence-corrected chi connectivity index (χ4v) is 2.76. The van der Waals surface area contributed by atoms with Gasteiger partial charge in [-0.05, 0) is 50.6 Å². The Balaban J connectivity index is 1.69. The van der Waals surface area contributed by atoms with Gasteiger partial charge in [0, 0.05) is 23.5 Å². The molecule has 0 unspecified atom stereocenters. The average Bonchev–Trinajstić information content (AvgIpc) is 3.21. The van der Waals surface area contributed by atoms with Crippen LogP contribution in [0.2, 0.25) is 0 Å². The van der Waals surface area contributed by atoms with E-state index in [0.717, 1.165) is 22.2 Å². The Kier molecular flexibility index (Phi) is 3.77. The number of rotatable bonds is 4. The largest absolute Gasteiger partial charge is 0.389 e. The van der Waals surface area contributed by atoms with Crippen LogP contribution in [0.1, 0.15) is 19.4 Å². The van der Waals surface area contributed by atoms with Crippen LogP contribution in [0.3, 0.4) is 0 Å². The zero-order chi connectivity index (χ0) is 18.3. The summed E-state index contributed by atoms with van der Waals surface area (Å²) in [5.41, 5.74) is 3.28. The smallest absolute Gasteiger partial charge is 0.258 e. The highest BCUT2D eigenvalue weighted by atomic mass is 16.5. The first-order valence-corrected chi connectivity index (χ1v) is 8.21. The van der Waals surface area contributed by atoms with Crippen molar-refractivity contribution in [3.8, 4) is 22.8 Å². The minimum atomic E-state index is -0.872. The predicted molar refractivity (Wildman–Crippen MR) is 95.1 cm³/mol. The Morgan fingerprint density at radius 1 is 1.23 bits per heavy atom. The lowest BCUT2D eigenvalue weighted by atomic mass is 10.1. The molecule has 1 aromatic carbocycles. The molecule has 0 aliphatic heterocycles. The van der Waals surface area contributed by atoms with E-state index in [4.69, 9.17) is 4.52 Å². The maximum Gasteiger partial charge on any atom is 0.258 e. The molecule has 3 heterocycles. The molecule has 3 aromatic heterocycles. The molecule has 0 aliphatic carbocycles. The molecule has 26 heavy (non-hydrogen) atoms. The van der Waals surface area contributed by atoms with Gasteiger partial charge in [0.1, 0.15) is 5.52 Å². The van der Waals surface area contributed by atoms with Gasteiger partial charge in [0.05, 0.1) is 17.7 Å². The van der Waals surface area contributed by atoms with Crippen LogP contribution in [-0.2, 0) is 6.54 Å². The van der Waals surface area contributed by atoms with Crippen molar-refractivity contribution in [3.63, 3.8) is 0 Å². The SMILES string of the molecule is Cc1cnccc1-c1noc(-c2ccc3c(c2)nnn3CC(C)(C)O)n1. The molecule has 0 aliphatic rings. The predicted octanol–water partition coefficient (Wildman–Crippen LogP) is 2.62. The van der Waals surface area contributed by atoms with Crippen molar-refractivity contribution in [3.05, 3.63) is 42.2 Å². The zero-order valence-electron chi connectivity index (χ0n) is 14.7. The number of aromatic nitrogens is 6. The molecule has 4 aromatic rings. The van der Waals surface area contributed by atoms with Gasteiger partial charge < -0.3 is 9.63 Å². The van der Waals surface area contributed by atoms with Gasteiger partial charge in [-0.2, -0.15) is 4.98 Å². The summed E-state index contributed by atoms with van der Waals surface area (Å²) in [6, 6.07) is 7.47. The van der Waals surface area contributed by atoms with Crippen molar-refractivity contribution in [2.75, 3.05) is 0 Å². The lowest BCUT2D eigenvalue weighted by molar-refractivity contribution is 0.0585. The summed E-state index contributed by atoms with van der Waals surface area (Å²) in [7, 11) is 0. The van der Waals surface area contributed by atoms with E-state index in [0.29, 0.717) is 23.8 Å². The van der Waals surface area contributed by atoms with E-state index in [2.05, 4.69) is 25.4 Å². The fraction of sp³-hybridized carbons (Fsp3) is 0.278. The lowest BCUT2D eigenvalue weighted by Gasteiger charge is -2.16. The van der Waals surface area contributed by atoms with Crippen LogP contribution >= 0.6 is 0 Å². The summed E-state index contributed by atoms with van der Waals surface area (Å²) >= 11 is 0. The van der Waals surface area contributed by atoms with Gasteiger partial charge in [0.15, 0.2) is 0 Å². The number of hydrogen-bond acceptors (Lipinski definition) is 7. The summed E-state index contributed by atoms with van der Waals surface area (Å²) < 4.78 is 7.10. The molecule has 8 heteroatoms. The normalized spacial score (nSPS) is 12.0. The topological polar surface area (TPSA) is 103 Å². The summed E-state index contributed by atoms with van der Waals surface area (Å²) in [4.78, 5) is 8.56. The lowest BCUT2D eigenvalue weighted by Crippen LogP contribution is -2.26. The molecule has 0 radical (unpaired) electrons. The minimum Gasteiger partial charge on any atom is -0.389 e. The first-order valence-electron chi connectivity index (χ1n) is 8.21. The molecule has 0 saturated carbocycles. The molecule has 0 spiro atoms. The van der Waals surface area contributed by atoms with Crippen molar-refractivity contribution in [1.82, 2.24) is 30.1 Å². The zero-order valence-corrected chi connectivity index (χ0v) is 14.7. The van der Waals surface area contributed by atoms with Crippen LogP contribution in [0.15, 0.2) is 41.2 Å². The van der Waals surface area contributed by atoms with Crippen LogP contribution in [-0.4, -0.2) is 40.8 Å². The number of aliphatic hydroxyl groups is 1. The van der Waals surface area contributed by atoms with E-state index >= 15 is 0 Å². The highest BCUT2D eigenvalue weighted by Crippen LogP contribution is 2.26. The molecule has 0 amide bonds. The number of benzene rings is 1. The highest BCUT2D eigenvalue weighted by molar-refractivity contribution is 5.79. The van der Waals surface area contributed by atoms with Crippen LogP contribution in [0.5, 0.6) is 0 Å². The molecule has 0 atom stereocenters. The molecule has 0 bridgehead atoms. The molecule has 4 rings (SSSR count). The van der Waals surface area contributed by atoms with Crippen LogP contribution in [0, 0.1) is 6.92 Å². The van der Waals surface area contributed by atoms with Gasteiger partial charge in [-0.25, -0.2) is 4.68 Å². The summed E-state index contributed by atoms with van der Waals surface area (Å²) in [5.74, 6) is 0.931. The Morgan fingerprint density at radius 3 is 2.85 bits per heavy atom. The van der Waals surface area contributed by atoms with Gasteiger partial charge in [0.2, 0.25) is 5.82 Å². The Morgan fingerprint density at radius 2 is 2.08 bits per heavy atom. The third kappa shape index (κ3) is 3.06. The number of hydrogen-bond donors (Lipinski definition) is 1. The Hall–Kier alpha value is -3.13. The van der Waals surface area contributed by atoms with Crippen molar-refractivity contribution < 1.29 is 9.63 Å². The molecule has 8 nitrogen and oxygen atoms in total. The number of pyridine rings is 1. The number of aryl methyl sites for hydroxylation is 1. The van der Waals surface area contributed by atoms with Crippen molar-refractivity contribution in [2.45, 2.75) is 32.9 Å². The molecular formula is C18H18N6O2. The quantitative estimate of drug-likeness (QED) is 0.603. The fourth-order valence-electron chi connectivity index (χ4n) is 2.76. The highest BCUT2D eigenvalue weighted by Gasteiger charge is 2.18. The van der Waals surface area contributed by atoms with Crippen LogP contribution < -0.4 is 0 Å². The first kappa shape index (κ1) is 16.3. The summed E-state index contributed by atoms with van der Waals surface area (Å²) in [6.07, 6.45) is 3.46. The van der Waals surface area contributed by atoms with E-state index < -0.39 is 5.60 Å². The van der Waals surface area contributed by atoms with E-state index in [1.165, 1.54) is 0 Å². The number of fused-ring (bicyclic) bond motifs is 1. The third-order valence-corrected chi connectivity index (χ3v) is 3.98. The molecule has 132 valence electrons. The maximum absolute atomic E-state index is 9.99. The van der Waals surface area contributed by atoms with Gasteiger partial charge in [-0.15, -0.1) is 5.10 Å². The van der Waals surface area contributed by atoms with Gasteiger partial charge >= 0.3 is 0 Å². The molecule has 1 N–H and O–H groups in total. The van der Waals surface area contributed by atoms with Gasteiger partial charge in [0.25, 0.3) is 5.89 Å². The molecular weight excluding hydrogens is 332 g/mol. The average molecular weight is 350 g/mol. The van der Waals surface area contributed by atoms with Crippen molar-refractivity contribution >= 4 is 11.0 Å². The van der Waals surface area contributed by atoms with E-state index in [-0.39, 0.29) is 0 Å². The Labute approximate surface area is 149 Å². The number of nitrogens with zero attached hydrogens (tertiary/aromatic N) is 6. The van der Waals surface area contributed by atoms with Gasteiger partial charge in [-0.3, -0.25) is 4.98 Å². The van der Waals surface area contributed by atoms with Crippen LogP contribution in [0.4, 0.5) is 0 Å². The van der Waals surface area contributed by atoms with Gasteiger partial charge in [-0.1, -0.05) is 10.4 Å². The Bertz CT molecular complexity index is 1080. The van der Waals surface area contributed by atoms with E-state index in [9.17, 15) is 5.11 Å². The van der Waals surface area contributed by atoms with E-state index in [1.807, 2.05) is 31.2 Å². The summed E-state index contributed by atoms with van der Waals surface area (Å²) in [5, 5.41) is 22.3. The monoisotopic (exact) mass is 350 g/mol.